The van der Waals surface area contributed by atoms with Gasteiger partial charge in [-0.15, -0.1) is 10.2 Å². The van der Waals surface area contributed by atoms with E-state index in [1.807, 2.05) is 54.6 Å². The minimum atomic E-state index is -0.564. The van der Waals surface area contributed by atoms with Crippen molar-refractivity contribution in [3.8, 4) is 5.75 Å². The fraction of sp³-hybridized carbons (Fsp3) is 0.192. The third-order valence-electron chi connectivity index (χ3n) is 5.73. The van der Waals surface area contributed by atoms with Crippen molar-refractivity contribution in [3.63, 3.8) is 0 Å². The molecule has 0 saturated heterocycles. The Kier molecular flexibility index (Phi) is 6.67. The number of fused-ring (bicyclic) bond motifs is 1. The minimum absolute atomic E-state index is 0.183. The molecule has 7 nitrogen and oxygen atoms in total. The molecule has 3 aromatic carbocycles. The fourth-order valence-electron chi connectivity index (χ4n) is 3.81. The lowest BCUT2D eigenvalue weighted by molar-refractivity contribution is -0.116. The molecule has 2 heterocycles. The normalized spacial score (nSPS) is 16.7. The van der Waals surface area contributed by atoms with Crippen LogP contribution in [-0.2, 0) is 17.8 Å². The molecule has 9 heteroatoms. The number of ether oxygens (including phenoxy) is 1. The first-order valence-electron chi connectivity index (χ1n) is 11.3. The summed E-state index contributed by atoms with van der Waals surface area (Å²) in [7, 11) is 0. The largest absolute Gasteiger partial charge is 0.486 e. The van der Waals surface area contributed by atoms with Gasteiger partial charge in [-0.2, -0.15) is 0 Å². The van der Waals surface area contributed by atoms with Crippen LogP contribution in [0.1, 0.15) is 29.9 Å². The predicted octanol–water partition coefficient (Wildman–Crippen LogP) is 4.96. The van der Waals surface area contributed by atoms with Gasteiger partial charge in [0.2, 0.25) is 11.1 Å². The summed E-state index contributed by atoms with van der Waals surface area (Å²) in [4.78, 5) is 13.4. The van der Waals surface area contributed by atoms with Crippen LogP contribution in [0.5, 0.6) is 5.75 Å². The van der Waals surface area contributed by atoms with Gasteiger partial charge in [0.05, 0.1) is 6.04 Å². The lowest BCUT2D eigenvalue weighted by Gasteiger charge is -2.33. The number of aryl methyl sites for hydroxylation is 1. The second-order valence-corrected chi connectivity index (χ2v) is 9.18. The highest BCUT2D eigenvalue weighted by molar-refractivity contribution is 8.00. The molecule has 1 amide bonds. The molecule has 0 spiro atoms. The quantitative estimate of drug-likeness (QED) is 0.382. The van der Waals surface area contributed by atoms with Crippen molar-refractivity contribution in [1.82, 2.24) is 14.9 Å². The van der Waals surface area contributed by atoms with Crippen molar-refractivity contribution < 1.29 is 13.9 Å². The third kappa shape index (κ3) is 5.14. The Bertz CT molecular complexity index is 1300. The molecule has 0 fully saturated rings. The lowest BCUT2D eigenvalue weighted by atomic mass is 10.0. The summed E-state index contributed by atoms with van der Waals surface area (Å²) in [6.45, 7) is 2.28. The first-order valence-corrected chi connectivity index (χ1v) is 12.2. The Morgan fingerprint density at radius 1 is 1.06 bits per heavy atom. The van der Waals surface area contributed by atoms with Gasteiger partial charge in [0.25, 0.3) is 0 Å². The van der Waals surface area contributed by atoms with E-state index in [1.165, 1.54) is 29.5 Å². The van der Waals surface area contributed by atoms with Crippen molar-refractivity contribution in [2.24, 2.45) is 0 Å². The molecule has 0 radical (unpaired) electrons. The SMILES string of the molecule is CCc1ccc(NC(=O)C2Sc3nnc(COc4ccccc4)n3NC2c2ccc(F)cc2)cc1. The second-order valence-electron chi connectivity index (χ2n) is 8.07. The van der Waals surface area contributed by atoms with Crippen LogP contribution in [0.2, 0.25) is 0 Å². The van der Waals surface area contributed by atoms with Gasteiger partial charge >= 0.3 is 0 Å². The zero-order valence-electron chi connectivity index (χ0n) is 19.0. The van der Waals surface area contributed by atoms with E-state index >= 15 is 0 Å². The lowest BCUT2D eigenvalue weighted by Crippen LogP contribution is -2.41. The van der Waals surface area contributed by atoms with Gasteiger partial charge in [-0.25, -0.2) is 9.07 Å². The topological polar surface area (TPSA) is 81.1 Å². The smallest absolute Gasteiger partial charge is 0.240 e. The Hall–Kier alpha value is -3.85. The summed E-state index contributed by atoms with van der Waals surface area (Å²) in [5.74, 6) is 0.765. The number of rotatable bonds is 7. The number of aromatic nitrogens is 3. The van der Waals surface area contributed by atoms with E-state index in [-0.39, 0.29) is 18.3 Å². The van der Waals surface area contributed by atoms with Gasteiger partial charge in [-0.05, 0) is 53.9 Å². The average Bonchev–Trinajstić information content (AvgIpc) is 3.30. The maximum Gasteiger partial charge on any atom is 0.240 e. The first-order chi connectivity index (χ1) is 17.1. The number of thioether (sulfide) groups is 1. The van der Waals surface area contributed by atoms with Gasteiger partial charge in [0.1, 0.15) is 23.4 Å². The van der Waals surface area contributed by atoms with Crippen LogP contribution in [-0.4, -0.2) is 26.0 Å². The maximum atomic E-state index is 13.6. The summed E-state index contributed by atoms with van der Waals surface area (Å²) in [6, 6.07) is 22.9. The summed E-state index contributed by atoms with van der Waals surface area (Å²) in [5, 5.41) is 11.5. The number of para-hydroxylation sites is 1. The van der Waals surface area contributed by atoms with E-state index in [0.29, 0.717) is 11.0 Å². The van der Waals surface area contributed by atoms with Crippen LogP contribution in [0.3, 0.4) is 0 Å². The molecular weight excluding hydrogens is 465 g/mol. The number of benzene rings is 3. The molecule has 0 aliphatic carbocycles. The molecule has 0 bridgehead atoms. The molecule has 2 unspecified atom stereocenters. The molecule has 1 aliphatic rings. The minimum Gasteiger partial charge on any atom is -0.486 e. The number of hydrogen-bond donors (Lipinski definition) is 2. The number of halogens is 1. The Morgan fingerprint density at radius 2 is 1.80 bits per heavy atom. The van der Waals surface area contributed by atoms with Crippen LogP contribution in [0.25, 0.3) is 0 Å². The molecule has 178 valence electrons. The van der Waals surface area contributed by atoms with Crippen LogP contribution in [0.4, 0.5) is 10.1 Å². The first kappa shape index (κ1) is 22.9. The van der Waals surface area contributed by atoms with E-state index in [9.17, 15) is 9.18 Å². The Labute approximate surface area is 206 Å². The van der Waals surface area contributed by atoms with Crippen molar-refractivity contribution >= 4 is 23.4 Å². The third-order valence-corrected chi connectivity index (χ3v) is 6.95. The van der Waals surface area contributed by atoms with Crippen molar-refractivity contribution in [1.29, 1.82) is 0 Å². The van der Waals surface area contributed by atoms with Gasteiger partial charge in [-0.3, -0.25) is 4.79 Å². The highest BCUT2D eigenvalue weighted by Gasteiger charge is 2.38. The number of amides is 1. The zero-order valence-corrected chi connectivity index (χ0v) is 19.8. The van der Waals surface area contributed by atoms with Crippen molar-refractivity contribution in [3.05, 3.63) is 102 Å². The average molecular weight is 490 g/mol. The van der Waals surface area contributed by atoms with Gasteiger partial charge in [-0.1, -0.05) is 61.2 Å². The highest BCUT2D eigenvalue weighted by atomic mass is 32.2. The monoisotopic (exact) mass is 489 g/mol. The molecule has 2 N–H and O–H groups in total. The van der Waals surface area contributed by atoms with Crippen LogP contribution >= 0.6 is 11.8 Å². The fourth-order valence-corrected chi connectivity index (χ4v) is 4.91. The zero-order chi connectivity index (χ0) is 24.2. The molecular formula is C26H24FN5O2S. The molecule has 4 aromatic rings. The van der Waals surface area contributed by atoms with Gasteiger partial charge < -0.3 is 15.5 Å². The predicted molar refractivity (Wildman–Crippen MR) is 133 cm³/mol. The van der Waals surface area contributed by atoms with Gasteiger partial charge in [0, 0.05) is 5.69 Å². The number of carbonyl (C=O) groups excluding carboxylic acids is 1. The molecule has 1 aliphatic heterocycles. The van der Waals surface area contributed by atoms with Crippen LogP contribution < -0.4 is 15.5 Å². The summed E-state index contributed by atoms with van der Waals surface area (Å²) < 4.78 is 21.2. The number of carbonyl (C=O) groups is 1. The molecule has 5 rings (SSSR count). The Morgan fingerprint density at radius 3 is 2.51 bits per heavy atom. The number of nitrogens with one attached hydrogen (secondary N) is 2. The van der Waals surface area contributed by atoms with Crippen molar-refractivity contribution in [2.45, 2.75) is 36.4 Å². The second kappa shape index (κ2) is 10.2. The maximum absolute atomic E-state index is 13.6. The van der Waals surface area contributed by atoms with E-state index < -0.39 is 11.3 Å². The standard InChI is InChI=1S/C26H24FN5O2S/c1-2-17-8-14-20(15-9-17)28-25(33)24-23(18-10-12-19(27)13-11-18)31-32-22(29-30-26(32)35-24)16-34-21-6-4-3-5-7-21/h3-15,23-24,31H,2,16H2,1H3,(H,28,33). The highest BCUT2D eigenvalue weighted by Crippen LogP contribution is 2.37. The van der Waals surface area contributed by atoms with Gasteiger partial charge in [0.15, 0.2) is 5.82 Å². The van der Waals surface area contributed by atoms with E-state index in [1.54, 1.807) is 16.8 Å². The van der Waals surface area contributed by atoms with Crippen molar-refractivity contribution in [2.75, 3.05) is 10.7 Å². The number of anilines is 1. The van der Waals surface area contributed by atoms with Crippen LogP contribution in [0.15, 0.2) is 84.0 Å². The molecule has 35 heavy (non-hydrogen) atoms. The van der Waals surface area contributed by atoms with Crippen LogP contribution in [0, 0.1) is 5.82 Å². The number of nitrogens with zero attached hydrogens (tertiary/aromatic N) is 3. The molecule has 2 atom stereocenters. The summed E-state index contributed by atoms with van der Waals surface area (Å²) in [6.07, 6.45) is 0.926. The number of hydrogen-bond acceptors (Lipinski definition) is 6. The molecule has 1 aromatic heterocycles. The van der Waals surface area contributed by atoms with E-state index in [0.717, 1.165) is 23.4 Å². The Balaban J connectivity index is 1.40. The van der Waals surface area contributed by atoms with E-state index in [2.05, 4.69) is 27.9 Å². The summed E-state index contributed by atoms with van der Waals surface area (Å²) >= 11 is 1.31. The van der Waals surface area contributed by atoms with E-state index in [4.69, 9.17) is 4.74 Å². The molecule has 0 saturated carbocycles. The summed E-state index contributed by atoms with van der Waals surface area (Å²) in [5.41, 5.74) is 6.04.